The van der Waals surface area contributed by atoms with Gasteiger partial charge in [0.15, 0.2) is 0 Å². The van der Waals surface area contributed by atoms with Gasteiger partial charge in [0.05, 0.1) is 44.1 Å². The molecule has 100 heavy (non-hydrogen) atoms. The maximum Gasteiger partial charge on any atom is 0.317 e. The minimum Gasteiger partial charge on any atom is -0.481 e. The van der Waals surface area contributed by atoms with Crippen molar-refractivity contribution in [2.24, 2.45) is 28.5 Å². The number of carbonyl (C=O) groups excluding carboxylic acids is 9. The van der Waals surface area contributed by atoms with Crippen LogP contribution in [0, 0.1) is 17.8 Å². The van der Waals surface area contributed by atoms with E-state index in [9.17, 15) is 73.2 Å². The molecule has 0 radical (unpaired) electrons. The Hall–Kier alpha value is -7.37. The summed E-state index contributed by atoms with van der Waals surface area (Å²) in [5.41, 5.74) is 5.23. The number of aromatic nitrogens is 1. The molecular formula is C66H107N15O17S2. The summed E-state index contributed by atoms with van der Waals surface area (Å²) in [5, 5.41) is 55.6. The SMILES string of the molecule is C=NC(=O)CN1CCC(NC(=O)CCSCc2cccc(CSCC(NC(=O)[C@@H](CC(C)C)NC(=O)CCCC(=O)O)C(=O)NC3(C(=O)N[C@@H](CC(C)C)C(=O)N[C@H](C(N)=O)[C@@H](C)CC)CCN(C(=O)CN4CCN(CC(=O)O)CCN(CC(=O)O)CCN(CC(=O)O)CC4)CC3)n2)CC1. The molecule has 3 fully saturated rings. The van der Waals surface area contributed by atoms with Gasteiger partial charge in [-0.3, -0.25) is 91.8 Å². The standard InChI is InChI=1S/C66H107N15O17S2/c1-8-45(6)60(61(67)94)74-63(96)50(34-44(4)5)73-65(98)66(18-22-81(23-19-66)55(85)36-77-24-26-78(37-57(88)89)28-30-80(39-59(92)93)31-29-79(27-25-77)38-58(90)91)75-64(97)51(72-62(95)49(33-43(2)3)71-52(82)13-10-14-56(86)87)42-100-41-48-12-9-11-47(69-48)40-99-32-17-53(83)70-46-15-20-76(21-16-46)35-54(84)68-7/h9,11-12,43-46,49-51,60H,7-8,10,13-42H2,1-6H3,(H2,67,94)(H,70,83)(H,71,82)(H,72,95)(H,73,98)(H,74,96)(H,75,97)(H,86,87)(H,88,89)(H,90,91)(H,92,93)/t45-,49+,50-,51?,60-/m0/s1. The van der Waals surface area contributed by atoms with E-state index in [2.05, 4.69) is 43.6 Å². The molecule has 3 aliphatic rings. The number of piperidine rings is 2. The molecule has 4 rings (SSSR count). The van der Waals surface area contributed by atoms with Crippen LogP contribution >= 0.6 is 23.5 Å². The molecule has 560 valence electrons. The van der Waals surface area contributed by atoms with Gasteiger partial charge in [-0.2, -0.15) is 23.5 Å². The largest absolute Gasteiger partial charge is 0.481 e. The van der Waals surface area contributed by atoms with Crippen LogP contribution < -0.4 is 37.6 Å². The first-order chi connectivity index (χ1) is 47.4. The molecule has 1 aromatic rings. The summed E-state index contributed by atoms with van der Waals surface area (Å²) in [6, 6.07) is 0.482. The second kappa shape index (κ2) is 44.1. The Morgan fingerprint density at radius 3 is 1.56 bits per heavy atom. The Morgan fingerprint density at radius 1 is 0.590 bits per heavy atom. The molecule has 1 aromatic heterocycles. The molecule has 1 unspecified atom stereocenters. The number of likely N-dealkylation sites (tertiary alicyclic amines) is 2. The molecule has 32 nitrogen and oxygen atoms in total. The number of pyridine rings is 1. The normalized spacial score (nSPS) is 17.9. The fourth-order valence-electron chi connectivity index (χ4n) is 11.8. The van der Waals surface area contributed by atoms with Crippen LogP contribution in [0.3, 0.4) is 0 Å². The van der Waals surface area contributed by atoms with Gasteiger partial charge < -0.3 is 63.0 Å². The number of amides is 9. The smallest absolute Gasteiger partial charge is 0.317 e. The molecular weight excluding hydrogens is 1340 g/mol. The highest BCUT2D eigenvalue weighted by Crippen LogP contribution is 2.26. The summed E-state index contributed by atoms with van der Waals surface area (Å²) in [6.07, 6.45) is 1.40. The summed E-state index contributed by atoms with van der Waals surface area (Å²) >= 11 is 2.76. The number of aliphatic imine (C=N–C) groups is 1. The van der Waals surface area contributed by atoms with Crippen LogP contribution in [0.5, 0.6) is 0 Å². The maximum absolute atomic E-state index is 15.4. The van der Waals surface area contributed by atoms with Crippen LogP contribution in [0.15, 0.2) is 23.2 Å². The molecule has 3 saturated heterocycles. The summed E-state index contributed by atoms with van der Waals surface area (Å²) in [5.74, 6) is -9.40. The van der Waals surface area contributed by atoms with Crippen molar-refractivity contribution in [2.45, 2.75) is 159 Å². The van der Waals surface area contributed by atoms with E-state index < -0.39 is 94.9 Å². The number of carbonyl (C=O) groups is 13. The van der Waals surface area contributed by atoms with E-state index in [1.54, 1.807) is 32.6 Å². The Balaban J connectivity index is 1.66. The van der Waals surface area contributed by atoms with Crippen molar-refractivity contribution in [2.75, 3.05) is 123 Å². The van der Waals surface area contributed by atoms with E-state index in [-0.39, 0.29) is 197 Å². The lowest BCUT2D eigenvalue weighted by atomic mass is 9.85. The maximum atomic E-state index is 15.4. The van der Waals surface area contributed by atoms with Crippen LogP contribution in [-0.4, -0.2) is 297 Å². The van der Waals surface area contributed by atoms with Gasteiger partial charge in [0, 0.05) is 127 Å². The molecule has 0 aliphatic carbocycles. The zero-order chi connectivity index (χ0) is 74.1. The first-order valence-electron chi connectivity index (χ1n) is 34.4. The molecule has 12 N–H and O–H groups in total. The highest BCUT2D eigenvalue weighted by molar-refractivity contribution is 7.98. The highest BCUT2D eigenvalue weighted by Gasteiger charge is 2.47. The van der Waals surface area contributed by atoms with Gasteiger partial charge in [-0.25, -0.2) is 4.99 Å². The molecule has 3 aliphatic heterocycles. The van der Waals surface area contributed by atoms with Crippen LogP contribution in [0.1, 0.15) is 124 Å². The molecule has 9 amide bonds. The third-order valence-corrected chi connectivity index (χ3v) is 19.7. The first-order valence-corrected chi connectivity index (χ1v) is 36.7. The van der Waals surface area contributed by atoms with Gasteiger partial charge in [0.1, 0.15) is 29.7 Å². The minimum absolute atomic E-state index is 0.00116. The number of rotatable bonds is 40. The summed E-state index contributed by atoms with van der Waals surface area (Å²) in [6.45, 7) is 15.2. The fraction of sp³-hybridized carbons (Fsp3) is 0.712. The lowest BCUT2D eigenvalue weighted by Crippen LogP contribution is -2.68. The van der Waals surface area contributed by atoms with Gasteiger partial charge in [0.25, 0.3) is 5.91 Å². The van der Waals surface area contributed by atoms with E-state index in [4.69, 9.17) is 10.7 Å². The Labute approximate surface area is 594 Å². The van der Waals surface area contributed by atoms with Crippen molar-refractivity contribution in [1.29, 1.82) is 0 Å². The molecule has 0 bridgehead atoms. The second-order valence-electron chi connectivity index (χ2n) is 26.8. The average Bonchev–Trinajstić information content (AvgIpc) is 0.789. The van der Waals surface area contributed by atoms with E-state index in [0.29, 0.717) is 49.6 Å². The van der Waals surface area contributed by atoms with Crippen LogP contribution in [0.25, 0.3) is 0 Å². The number of carboxylic acid groups (broad SMARTS) is 4. The van der Waals surface area contributed by atoms with Crippen LogP contribution in [0.4, 0.5) is 0 Å². The number of nitrogens with zero attached hydrogens (tertiary/aromatic N) is 8. The third-order valence-electron chi connectivity index (χ3n) is 17.7. The van der Waals surface area contributed by atoms with Gasteiger partial charge in [-0.15, -0.1) is 0 Å². The van der Waals surface area contributed by atoms with Crippen molar-refractivity contribution in [3.05, 3.63) is 29.6 Å². The van der Waals surface area contributed by atoms with Crippen molar-refractivity contribution in [3.8, 4) is 0 Å². The highest BCUT2D eigenvalue weighted by atomic mass is 32.2. The molecule has 4 heterocycles. The fourth-order valence-corrected chi connectivity index (χ4v) is 13.6. The van der Waals surface area contributed by atoms with E-state index in [1.807, 2.05) is 51.7 Å². The summed E-state index contributed by atoms with van der Waals surface area (Å²) in [4.78, 5) is 190. The van der Waals surface area contributed by atoms with E-state index in [1.165, 1.54) is 28.4 Å². The molecule has 5 atom stereocenters. The number of carboxylic acids is 4. The van der Waals surface area contributed by atoms with Crippen LogP contribution in [-0.2, 0) is 73.8 Å². The first kappa shape index (κ1) is 85.0. The van der Waals surface area contributed by atoms with Crippen LogP contribution in [0.2, 0.25) is 0 Å². The second-order valence-corrected chi connectivity index (χ2v) is 29.0. The summed E-state index contributed by atoms with van der Waals surface area (Å²) < 4.78 is 0. The van der Waals surface area contributed by atoms with Crippen molar-refractivity contribution in [3.63, 3.8) is 0 Å². The number of primary amides is 1. The predicted molar refractivity (Wildman–Crippen MR) is 375 cm³/mol. The number of nitrogens with one attached hydrogen (secondary N) is 6. The lowest BCUT2D eigenvalue weighted by Gasteiger charge is -2.43. The predicted octanol–water partition coefficient (Wildman–Crippen LogP) is -0.484. The van der Waals surface area contributed by atoms with Gasteiger partial charge >= 0.3 is 23.9 Å². The minimum atomic E-state index is -1.89. The number of aliphatic carboxylic acids is 4. The van der Waals surface area contributed by atoms with Gasteiger partial charge in [-0.1, -0.05) is 54.0 Å². The molecule has 0 saturated carbocycles. The van der Waals surface area contributed by atoms with Crippen molar-refractivity contribution in [1.82, 2.24) is 66.3 Å². The number of thioether (sulfide) groups is 2. The van der Waals surface area contributed by atoms with E-state index >= 15 is 9.59 Å². The number of nitrogens with two attached hydrogens (primary N) is 1. The van der Waals surface area contributed by atoms with Crippen molar-refractivity contribution >= 4 is 107 Å². The van der Waals surface area contributed by atoms with Gasteiger partial charge in [0.2, 0.25) is 47.3 Å². The Morgan fingerprint density at radius 2 is 1.08 bits per heavy atom. The van der Waals surface area contributed by atoms with Crippen molar-refractivity contribution < 1.29 is 82.8 Å². The van der Waals surface area contributed by atoms with E-state index in [0.717, 1.165) is 5.69 Å². The lowest BCUT2D eigenvalue weighted by molar-refractivity contribution is -0.143. The van der Waals surface area contributed by atoms with Gasteiger partial charge in [-0.05, 0) is 81.5 Å². The zero-order valence-corrected chi connectivity index (χ0v) is 60.4. The topological polar surface area (TPSA) is 446 Å². The average molecular weight is 1450 g/mol. The molecule has 34 heteroatoms. The summed E-state index contributed by atoms with van der Waals surface area (Å²) in [7, 11) is 0. The third kappa shape index (κ3) is 32.1. The Kier molecular flexibility index (Phi) is 37.5. The number of hydrogen-bond acceptors (Lipinski definition) is 21. The zero-order valence-electron chi connectivity index (χ0n) is 58.8. The Bertz CT molecular complexity index is 2900. The molecule has 0 spiro atoms. The number of hydrogen-bond donors (Lipinski definition) is 11. The molecule has 0 aromatic carbocycles. The monoisotopic (exact) mass is 1450 g/mol. The quantitative estimate of drug-likeness (QED) is 0.0292.